The third kappa shape index (κ3) is 4.56. The molecule has 21 heavy (non-hydrogen) atoms. The van der Waals surface area contributed by atoms with Gasteiger partial charge in [0.25, 0.3) is 0 Å². The molecule has 1 aliphatic heterocycles. The number of benzene rings is 1. The molecule has 2 atom stereocenters. The van der Waals surface area contributed by atoms with Crippen molar-refractivity contribution in [1.29, 1.82) is 0 Å². The molecule has 1 aromatic carbocycles. The smallest absolute Gasteiger partial charge is 0.335 e. The fourth-order valence-corrected chi connectivity index (χ4v) is 2.53. The molecule has 0 radical (unpaired) electrons. The summed E-state index contributed by atoms with van der Waals surface area (Å²) in [5.74, 6) is -0.987. The van der Waals surface area contributed by atoms with Crippen LogP contribution < -0.4 is 5.32 Å². The molecule has 5 heteroatoms. The molecule has 0 spiro atoms. The van der Waals surface area contributed by atoms with E-state index in [4.69, 9.17) is 9.84 Å². The maximum absolute atomic E-state index is 12.0. The number of carbonyl (C=O) groups excluding carboxylic acids is 1. The summed E-state index contributed by atoms with van der Waals surface area (Å²) in [6, 6.07) is 6.58. The van der Waals surface area contributed by atoms with Crippen LogP contribution in [0.3, 0.4) is 0 Å². The molecule has 0 bridgehead atoms. The summed E-state index contributed by atoms with van der Waals surface area (Å²) in [5, 5.41) is 11.9. The Bertz CT molecular complexity index is 498. The zero-order valence-corrected chi connectivity index (χ0v) is 12.2. The molecule has 0 saturated carbocycles. The van der Waals surface area contributed by atoms with Crippen LogP contribution >= 0.6 is 0 Å². The van der Waals surface area contributed by atoms with Crippen molar-refractivity contribution in [2.24, 2.45) is 0 Å². The highest BCUT2D eigenvalue weighted by Gasteiger charge is 2.22. The van der Waals surface area contributed by atoms with E-state index < -0.39 is 5.97 Å². The zero-order valence-electron chi connectivity index (χ0n) is 12.2. The van der Waals surface area contributed by atoms with Gasteiger partial charge < -0.3 is 15.2 Å². The summed E-state index contributed by atoms with van der Waals surface area (Å²) in [4.78, 5) is 22.8. The lowest BCUT2D eigenvalue weighted by molar-refractivity contribution is -0.122. The summed E-state index contributed by atoms with van der Waals surface area (Å²) >= 11 is 0. The summed E-state index contributed by atoms with van der Waals surface area (Å²) < 4.78 is 5.59. The largest absolute Gasteiger partial charge is 0.478 e. The molecule has 114 valence electrons. The van der Waals surface area contributed by atoms with Crippen molar-refractivity contribution in [3.8, 4) is 0 Å². The summed E-state index contributed by atoms with van der Waals surface area (Å²) in [7, 11) is 0. The number of aromatic carboxylic acids is 1. The first-order chi connectivity index (χ1) is 10.1. The predicted octanol–water partition coefficient (Wildman–Crippen LogP) is 2.00. The number of carbonyl (C=O) groups is 2. The topological polar surface area (TPSA) is 75.6 Å². The minimum Gasteiger partial charge on any atom is -0.478 e. The Morgan fingerprint density at radius 1 is 1.33 bits per heavy atom. The van der Waals surface area contributed by atoms with Crippen LogP contribution in [-0.2, 0) is 16.0 Å². The fourth-order valence-electron chi connectivity index (χ4n) is 2.53. The first-order valence-corrected chi connectivity index (χ1v) is 7.31. The standard InChI is InChI=1S/C16H21NO4/c1-2-14-10-13(7-8-21-14)17-15(18)9-11-3-5-12(6-4-11)16(19)20/h3-6,13-14H,2,7-10H2,1H3,(H,17,18)(H,19,20). The van der Waals surface area contributed by atoms with Crippen LogP contribution in [0.2, 0.25) is 0 Å². The monoisotopic (exact) mass is 291 g/mol. The molecule has 1 saturated heterocycles. The molecule has 1 heterocycles. The second-order valence-corrected chi connectivity index (χ2v) is 5.37. The molecule has 1 aromatic rings. The SMILES string of the molecule is CCC1CC(NC(=O)Cc2ccc(C(=O)O)cc2)CCO1. The molecule has 1 fully saturated rings. The van der Waals surface area contributed by atoms with Crippen LogP contribution in [0.5, 0.6) is 0 Å². The van der Waals surface area contributed by atoms with Crippen LogP contribution in [0.4, 0.5) is 0 Å². The highest BCUT2D eigenvalue weighted by Crippen LogP contribution is 2.16. The van der Waals surface area contributed by atoms with E-state index in [1.165, 1.54) is 12.1 Å². The highest BCUT2D eigenvalue weighted by molar-refractivity contribution is 5.87. The van der Waals surface area contributed by atoms with Crippen molar-refractivity contribution in [2.75, 3.05) is 6.61 Å². The Labute approximate surface area is 124 Å². The van der Waals surface area contributed by atoms with Gasteiger partial charge in [-0.3, -0.25) is 4.79 Å². The van der Waals surface area contributed by atoms with Crippen molar-refractivity contribution in [1.82, 2.24) is 5.32 Å². The van der Waals surface area contributed by atoms with E-state index in [1.807, 2.05) is 0 Å². The molecule has 2 N–H and O–H groups in total. The first-order valence-electron chi connectivity index (χ1n) is 7.31. The fraction of sp³-hybridized carbons (Fsp3) is 0.500. The maximum Gasteiger partial charge on any atom is 0.335 e. The Balaban J connectivity index is 1.85. The molecule has 0 aliphatic carbocycles. The van der Waals surface area contributed by atoms with Gasteiger partial charge in [-0.1, -0.05) is 19.1 Å². The van der Waals surface area contributed by atoms with Crippen molar-refractivity contribution < 1.29 is 19.4 Å². The average molecular weight is 291 g/mol. The van der Waals surface area contributed by atoms with E-state index in [-0.39, 0.29) is 30.0 Å². The van der Waals surface area contributed by atoms with Crippen molar-refractivity contribution >= 4 is 11.9 Å². The lowest BCUT2D eigenvalue weighted by Gasteiger charge is -2.29. The number of carboxylic acids is 1. The zero-order chi connectivity index (χ0) is 15.2. The quantitative estimate of drug-likeness (QED) is 0.870. The second-order valence-electron chi connectivity index (χ2n) is 5.37. The van der Waals surface area contributed by atoms with Crippen LogP contribution in [-0.4, -0.2) is 35.7 Å². The molecular weight excluding hydrogens is 270 g/mol. The van der Waals surface area contributed by atoms with Crippen LogP contribution in [0.15, 0.2) is 24.3 Å². The van der Waals surface area contributed by atoms with Gasteiger partial charge >= 0.3 is 5.97 Å². The molecule has 1 amide bonds. The van der Waals surface area contributed by atoms with Gasteiger partial charge in [0.1, 0.15) is 0 Å². The Hall–Kier alpha value is -1.88. The molecule has 2 unspecified atom stereocenters. The van der Waals surface area contributed by atoms with Gasteiger partial charge in [-0.2, -0.15) is 0 Å². The minimum absolute atomic E-state index is 0.0279. The minimum atomic E-state index is -0.959. The third-order valence-corrected chi connectivity index (χ3v) is 3.75. The Kier molecular flexibility index (Phi) is 5.33. The van der Waals surface area contributed by atoms with E-state index in [0.717, 1.165) is 24.8 Å². The molecular formula is C16H21NO4. The summed E-state index contributed by atoms with van der Waals surface area (Å²) in [6.07, 6.45) is 3.18. The van der Waals surface area contributed by atoms with Gasteiger partial charge in [-0.25, -0.2) is 4.79 Å². The number of amides is 1. The molecule has 1 aliphatic rings. The number of ether oxygens (including phenoxy) is 1. The average Bonchev–Trinajstić information content (AvgIpc) is 2.47. The third-order valence-electron chi connectivity index (χ3n) is 3.75. The summed E-state index contributed by atoms with van der Waals surface area (Å²) in [5.41, 5.74) is 1.05. The van der Waals surface area contributed by atoms with E-state index in [0.29, 0.717) is 6.61 Å². The van der Waals surface area contributed by atoms with Gasteiger partial charge in [0.2, 0.25) is 5.91 Å². The van der Waals surface area contributed by atoms with Crippen molar-refractivity contribution in [3.63, 3.8) is 0 Å². The van der Waals surface area contributed by atoms with E-state index in [2.05, 4.69) is 12.2 Å². The van der Waals surface area contributed by atoms with Crippen molar-refractivity contribution in [2.45, 2.75) is 44.8 Å². The number of hydrogen-bond donors (Lipinski definition) is 2. The van der Waals surface area contributed by atoms with Gasteiger partial charge in [0, 0.05) is 12.6 Å². The van der Waals surface area contributed by atoms with Crippen LogP contribution in [0.1, 0.15) is 42.1 Å². The number of rotatable bonds is 5. The van der Waals surface area contributed by atoms with Gasteiger partial charge in [-0.05, 0) is 37.0 Å². The first kappa shape index (κ1) is 15.5. The number of hydrogen-bond acceptors (Lipinski definition) is 3. The molecule has 0 aromatic heterocycles. The lowest BCUT2D eigenvalue weighted by atomic mass is 10.0. The number of carboxylic acid groups (broad SMARTS) is 1. The van der Waals surface area contributed by atoms with E-state index in [9.17, 15) is 9.59 Å². The Morgan fingerprint density at radius 2 is 2.05 bits per heavy atom. The van der Waals surface area contributed by atoms with Crippen molar-refractivity contribution in [3.05, 3.63) is 35.4 Å². The van der Waals surface area contributed by atoms with Crippen LogP contribution in [0.25, 0.3) is 0 Å². The predicted molar refractivity (Wildman–Crippen MR) is 78.3 cm³/mol. The molecule has 5 nitrogen and oxygen atoms in total. The van der Waals surface area contributed by atoms with E-state index in [1.54, 1.807) is 12.1 Å². The van der Waals surface area contributed by atoms with Gasteiger partial charge in [-0.15, -0.1) is 0 Å². The molecule has 2 rings (SSSR count). The summed E-state index contributed by atoms with van der Waals surface area (Å²) in [6.45, 7) is 2.77. The van der Waals surface area contributed by atoms with Crippen LogP contribution in [0, 0.1) is 0 Å². The van der Waals surface area contributed by atoms with E-state index >= 15 is 0 Å². The Morgan fingerprint density at radius 3 is 2.67 bits per heavy atom. The maximum atomic E-state index is 12.0. The highest BCUT2D eigenvalue weighted by atomic mass is 16.5. The second kappa shape index (κ2) is 7.22. The van der Waals surface area contributed by atoms with Gasteiger partial charge in [0.15, 0.2) is 0 Å². The van der Waals surface area contributed by atoms with Gasteiger partial charge in [0.05, 0.1) is 18.1 Å². The normalized spacial score (nSPS) is 21.8. The number of nitrogens with one attached hydrogen (secondary N) is 1. The lowest BCUT2D eigenvalue weighted by Crippen LogP contribution is -2.42.